The number of rotatable bonds is 6. The van der Waals surface area contributed by atoms with Crippen LogP contribution in [-0.2, 0) is 4.79 Å². The van der Waals surface area contributed by atoms with Crippen molar-refractivity contribution in [2.75, 3.05) is 19.6 Å². The lowest BCUT2D eigenvalue weighted by Gasteiger charge is -2.13. The summed E-state index contributed by atoms with van der Waals surface area (Å²) in [6.45, 7) is 3.85. The van der Waals surface area contributed by atoms with Gasteiger partial charge in [0, 0.05) is 6.42 Å². The molecule has 1 aliphatic heterocycles. The van der Waals surface area contributed by atoms with E-state index in [1.165, 1.54) is 45.3 Å². The van der Waals surface area contributed by atoms with E-state index in [0.717, 1.165) is 19.1 Å². The van der Waals surface area contributed by atoms with Crippen molar-refractivity contribution in [1.29, 1.82) is 0 Å². The second-order valence-electron chi connectivity index (χ2n) is 3.56. The summed E-state index contributed by atoms with van der Waals surface area (Å²) < 4.78 is 0. The number of unbranched alkanes of at least 4 members (excludes halogenated alkanes) is 3. The van der Waals surface area contributed by atoms with E-state index in [1.54, 1.807) is 0 Å². The summed E-state index contributed by atoms with van der Waals surface area (Å²) in [5.41, 5.74) is 0. The zero-order chi connectivity index (χ0) is 8.65. The van der Waals surface area contributed by atoms with Gasteiger partial charge in [-0.05, 0) is 45.3 Å². The van der Waals surface area contributed by atoms with Crippen molar-refractivity contribution in [2.45, 2.75) is 38.5 Å². The third-order valence-electron chi connectivity index (χ3n) is 2.50. The van der Waals surface area contributed by atoms with E-state index in [4.69, 9.17) is 0 Å². The number of aldehydes is 1. The Balaban J connectivity index is 1.84. The smallest absolute Gasteiger partial charge is 0.119 e. The summed E-state index contributed by atoms with van der Waals surface area (Å²) in [5.74, 6) is 0. The first-order chi connectivity index (χ1) is 5.93. The zero-order valence-corrected chi connectivity index (χ0v) is 7.80. The normalized spacial score (nSPS) is 18.3. The quantitative estimate of drug-likeness (QED) is 0.446. The average molecular weight is 169 g/mol. The standard InChI is InChI=1S/C10H19NO/c12-10-6-2-1-3-7-11-8-4-5-9-11/h10H,1-9H2. The summed E-state index contributed by atoms with van der Waals surface area (Å²) in [7, 11) is 0. The van der Waals surface area contributed by atoms with E-state index in [-0.39, 0.29) is 0 Å². The fourth-order valence-electron chi connectivity index (χ4n) is 1.75. The van der Waals surface area contributed by atoms with Gasteiger partial charge in [-0.2, -0.15) is 0 Å². The van der Waals surface area contributed by atoms with Gasteiger partial charge in [-0.15, -0.1) is 0 Å². The third-order valence-corrected chi connectivity index (χ3v) is 2.50. The minimum absolute atomic E-state index is 0.750. The lowest BCUT2D eigenvalue weighted by molar-refractivity contribution is -0.107. The highest BCUT2D eigenvalue weighted by atomic mass is 16.1. The van der Waals surface area contributed by atoms with Crippen molar-refractivity contribution in [1.82, 2.24) is 4.90 Å². The molecule has 1 heterocycles. The lowest BCUT2D eigenvalue weighted by atomic mass is 10.2. The summed E-state index contributed by atoms with van der Waals surface area (Å²) in [5, 5.41) is 0. The first kappa shape index (κ1) is 9.72. The molecule has 0 atom stereocenters. The molecule has 0 spiro atoms. The van der Waals surface area contributed by atoms with Crippen LogP contribution in [0.4, 0.5) is 0 Å². The Hall–Kier alpha value is -0.370. The molecule has 0 unspecified atom stereocenters. The van der Waals surface area contributed by atoms with Crippen LogP contribution in [0.3, 0.4) is 0 Å². The molecule has 70 valence electrons. The fourth-order valence-corrected chi connectivity index (χ4v) is 1.75. The highest BCUT2D eigenvalue weighted by molar-refractivity contribution is 5.48. The van der Waals surface area contributed by atoms with Crippen LogP contribution in [-0.4, -0.2) is 30.8 Å². The first-order valence-corrected chi connectivity index (χ1v) is 5.09. The van der Waals surface area contributed by atoms with E-state index in [1.807, 2.05) is 0 Å². The van der Waals surface area contributed by atoms with Gasteiger partial charge in [0.2, 0.25) is 0 Å². The van der Waals surface area contributed by atoms with E-state index in [9.17, 15) is 4.79 Å². The van der Waals surface area contributed by atoms with E-state index >= 15 is 0 Å². The number of hydrogen-bond donors (Lipinski definition) is 0. The van der Waals surface area contributed by atoms with Gasteiger partial charge in [0.1, 0.15) is 6.29 Å². The summed E-state index contributed by atoms with van der Waals surface area (Å²) in [6, 6.07) is 0. The van der Waals surface area contributed by atoms with Crippen molar-refractivity contribution in [3.8, 4) is 0 Å². The molecular weight excluding hydrogens is 150 g/mol. The third kappa shape index (κ3) is 3.86. The maximum atomic E-state index is 10.0. The van der Waals surface area contributed by atoms with Gasteiger partial charge < -0.3 is 9.69 Å². The Morgan fingerprint density at radius 1 is 1.08 bits per heavy atom. The second-order valence-corrected chi connectivity index (χ2v) is 3.56. The van der Waals surface area contributed by atoms with Crippen molar-refractivity contribution >= 4 is 6.29 Å². The van der Waals surface area contributed by atoms with Gasteiger partial charge in [-0.1, -0.05) is 6.42 Å². The molecule has 1 saturated heterocycles. The molecule has 1 aliphatic rings. The maximum absolute atomic E-state index is 10.0. The number of carbonyl (C=O) groups excluding carboxylic acids is 1. The number of carbonyl (C=O) groups is 1. The largest absolute Gasteiger partial charge is 0.303 e. The second kappa shape index (κ2) is 6.18. The molecule has 0 aromatic rings. The molecule has 0 aromatic carbocycles. The first-order valence-electron chi connectivity index (χ1n) is 5.09. The van der Waals surface area contributed by atoms with E-state index < -0.39 is 0 Å². The summed E-state index contributed by atoms with van der Waals surface area (Å²) in [4.78, 5) is 12.5. The van der Waals surface area contributed by atoms with Gasteiger partial charge in [0.25, 0.3) is 0 Å². The Morgan fingerprint density at radius 2 is 1.83 bits per heavy atom. The van der Waals surface area contributed by atoms with Crippen LogP contribution >= 0.6 is 0 Å². The Bertz CT molecular complexity index is 119. The molecule has 0 N–H and O–H groups in total. The lowest BCUT2D eigenvalue weighted by Crippen LogP contribution is -2.20. The number of hydrogen-bond acceptors (Lipinski definition) is 2. The van der Waals surface area contributed by atoms with Crippen molar-refractivity contribution < 1.29 is 4.79 Å². The predicted molar refractivity (Wildman–Crippen MR) is 50.2 cm³/mol. The summed E-state index contributed by atoms with van der Waals surface area (Å²) in [6.07, 6.45) is 8.11. The van der Waals surface area contributed by atoms with Crippen LogP contribution in [0.15, 0.2) is 0 Å². The molecule has 0 amide bonds. The molecule has 0 bridgehead atoms. The predicted octanol–water partition coefficient (Wildman–Crippen LogP) is 1.84. The molecule has 0 aliphatic carbocycles. The van der Waals surface area contributed by atoms with Crippen molar-refractivity contribution in [3.05, 3.63) is 0 Å². The minimum atomic E-state index is 0.750. The van der Waals surface area contributed by atoms with Gasteiger partial charge in [0.15, 0.2) is 0 Å². The molecule has 1 rings (SSSR count). The highest BCUT2D eigenvalue weighted by Gasteiger charge is 2.09. The van der Waals surface area contributed by atoms with Gasteiger partial charge in [-0.3, -0.25) is 0 Å². The number of nitrogens with zero attached hydrogens (tertiary/aromatic N) is 1. The zero-order valence-electron chi connectivity index (χ0n) is 7.80. The van der Waals surface area contributed by atoms with Crippen LogP contribution in [0.5, 0.6) is 0 Å². The molecule has 2 nitrogen and oxygen atoms in total. The Morgan fingerprint density at radius 3 is 2.50 bits per heavy atom. The Labute approximate surface area is 74.9 Å². The van der Waals surface area contributed by atoms with Crippen LogP contribution in [0.1, 0.15) is 38.5 Å². The fraction of sp³-hybridized carbons (Fsp3) is 0.900. The van der Waals surface area contributed by atoms with Crippen LogP contribution in [0, 0.1) is 0 Å². The minimum Gasteiger partial charge on any atom is -0.303 e. The average Bonchev–Trinajstić information content (AvgIpc) is 2.57. The monoisotopic (exact) mass is 169 g/mol. The summed E-state index contributed by atoms with van der Waals surface area (Å²) >= 11 is 0. The number of likely N-dealkylation sites (tertiary alicyclic amines) is 1. The molecular formula is C10H19NO. The topological polar surface area (TPSA) is 20.3 Å². The van der Waals surface area contributed by atoms with Crippen molar-refractivity contribution in [2.24, 2.45) is 0 Å². The molecule has 0 aromatic heterocycles. The molecule has 12 heavy (non-hydrogen) atoms. The highest BCUT2D eigenvalue weighted by Crippen LogP contribution is 2.09. The van der Waals surface area contributed by atoms with E-state index in [2.05, 4.69) is 4.90 Å². The molecule has 0 saturated carbocycles. The van der Waals surface area contributed by atoms with Gasteiger partial charge in [-0.25, -0.2) is 0 Å². The van der Waals surface area contributed by atoms with Crippen LogP contribution in [0.2, 0.25) is 0 Å². The maximum Gasteiger partial charge on any atom is 0.119 e. The SMILES string of the molecule is O=CCCCCCN1CCCC1. The van der Waals surface area contributed by atoms with Gasteiger partial charge >= 0.3 is 0 Å². The Kier molecular flexibility index (Phi) is 5.00. The van der Waals surface area contributed by atoms with Gasteiger partial charge in [0.05, 0.1) is 0 Å². The molecule has 0 radical (unpaired) electrons. The van der Waals surface area contributed by atoms with E-state index in [0.29, 0.717) is 0 Å². The van der Waals surface area contributed by atoms with Crippen LogP contribution < -0.4 is 0 Å². The van der Waals surface area contributed by atoms with Crippen LogP contribution in [0.25, 0.3) is 0 Å². The van der Waals surface area contributed by atoms with Crippen molar-refractivity contribution in [3.63, 3.8) is 0 Å². The molecule has 1 fully saturated rings. The molecule has 2 heteroatoms.